The summed E-state index contributed by atoms with van der Waals surface area (Å²) >= 11 is 10.8. The summed E-state index contributed by atoms with van der Waals surface area (Å²) in [6.45, 7) is 1.76. The molecule has 0 radical (unpaired) electrons. The van der Waals surface area contributed by atoms with E-state index < -0.39 is 10.5 Å². The normalized spacial score (nSPS) is 11.1. The van der Waals surface area contributed by atoms with E-state index >= 15 is 0 Å². The topological polar surface area (TPSA) is 46.5 Å². The van der Waals surface area contributed by atoms with Crippen LogP contribution in [0, 0.1) is 6.92 Å². The largest absolute Gasteiger partial charge is 0.476 e. The number of carbonyl (C=O) groups is 1. The summed E-state index contributed by atoms with van der Waals surface area (Å²) in [6.07, 6.45) is 0. The molecule has 3 nitrogen and oxygen atoms in total. The summed E-state index contributed by atoms with van der Waals surface area (Å²) in [7, 11) is 0. The highest BCUT2D eigenvalue weighted by Gasteiger charge is 2.36. The zero-order valence-electron chi connectivity index (χ0n) is 7.33. The van der Waals surface area contributed by atoms with Crippen LogP contribution in [0.3, 0.4) is 0 Å². The van der Waals surface area contributed by atoms with Crippen molar-refractivity contribution < 1.29 is 14.6 Å². The van der Waals surface area contributed by atoms with Crippen molar-refractivity contribution in [3.63, 3.8) is 0 Å². The number of carboxylic acids is 1. The lowest BCUT2D eigenvalue weighted by atomic mass is 10.2. The van der Waals surface area contributed by atoms with Gasteiger partial charge in [0.15, 0.2) is 0 Å². The number of carboxylic acid groups (broad SMARTS) is 1. The third-order valence-electron chi connectivity index (χ3n) is 1.58. The van der Waals surface area contributed by atoms with Crippen molar-refractivity contribution in [1.29, 1.82) is 0 Å². The van der Waals surface area contributed by atoms with Gasteiger partial charge in [-0.2, -0.15) is 0 Å². The number of alkyl halides is 2. The summed E-state index contributed by atoms with van der Waals surface area (Å²) in [5.41, 5.74) is 0.763. The van der Waals surface area contributed by atoms with Crippen LogP contribution in [-0.4, -0.2) is 15.6 Å². The molecular weight excluding hydrogens is 227 g/mol. The lowest BCUT2D eigenvalue weighted by Crippen LogP contribution is -2.32. The molecule has 14 heavy (non-hydrogen) atoms. The van der Waals surface area contributed by atoms with E-state index in [-0.39, 0.29) is 0 Å². The number of aliphatic carboxylic acids is 1. The highest BCUT2D eigenvalue weighted by Crippen LogP contribution is 2.28. The van der Waals surface area contributed by atoms with E-state index in [0.29, 0.717) is 5.75 Å². The highest BCUT2D eigenvalue weighted by atomic mass is 35.5. The van der Waals surface area contributed by atoms with E-state index in [4.69, 9.17) is 33.0 Å². The maximum absolute atomic E-state index is 10.5. The molecule has 0 aromatic heterocycles. The number of aryl methyl sites for hydroxylation is 1. The van der Waals surface area contributed by atoms with Crippen LogP contribution in [0.4, 0.5) is 0 Å². The third-order valence-corrected chi connectivity index (χ3v) is 2.06. The van der Waals surface area contributed by atoms with Gasteiger partial charge in [0.1, 0.15) is 5.75 Å². The number of hydrogen-bond donors (Lipinski definition) is 1. The van der Waals surface area contributed by atoms with Gasteiger partial charge in [0.05, 0.1) is 0 Å². The van der Waals surface area contributed by atoms with Crippen LogP contribution in [-0.2, 0) is 4.79 Å². The molecule has 1 rings (SSSR count). The summed E-state index contributed by atoms with van der Waals surface area (Å²) in [6, 6.07) is 6.86. The van der Waals surface area contributed by atoms with Crippen LogP contribution in [0.1, 0.15) is 5.56 Å². The Morgan fingerprint density at radius 1 is 1.43 bits per heavy atom. The van der Waals surface area contributed by atoms with E-state index in [1.807, 2.05) is 0 Å². The van der Waals surface area contributed by atoms with Crippen LogP contribution in [0.15, 0.2) is 24.3 Å². The number of hydrogen-bond acceptors (Lipinski definition) is 2. The zero-order chi connectivity index (χ0) is 10.8. The lowest BCUT2D eigenvalue weighted by molar-refractivity contribution is -0.143. The van der Waals surface area contributed by atoms with Gasteiger partial charge < -0.3 is 9.84 Å². The smallest absolute Gasteiger partial charge is 0.381 e. The molecule has 1 N–H and O–H groups in total. The van der Waals surface area contributed by atoms with E-state index in [0.717, 1.165) is 5.56 Å². The molecule has 0 bridgehead atoms. The second kappa shape index (κ2) is 4.07. The average molecular weight is 235 g/mol. The molecule has 0 aliphatic rings. The van der Waals surface area contributed by atoms with Gasteiger partial charge in [0.25, 0.3) is 0 Å². The second-order valence-electron chi connectivity index (χ2n) is 2.69. The predicted molar refractivity (Wildman–Crippen MR) is 53.9 cm³/mol. The summed E-state index contributed by atoms with van der Waals surface area (Å²) in [5.74, 6) is -1.09. The molecule has 5 heteroatoms. The van der Waals surface area contributed by atoms with E-state index in [2.05, 4.69) is 0 Å². The maximum Gasteiger partial charge on any atom is 0.381 e. The molecule has 0 saturated heterocycles. The fourth-order valence-electron chi connectivity index (χ4n) is 0.853. The van der Waals surface area contributed by atoms with Gasteiger partial charge in [-0.15, -0.1) is 0 Å². The van der Waals surface area contributed by atoms with E-state index in [1.54, 1.807) is 31.2 Å². The monoisotopic (exact) mass is 234 g/mol. The fourth-order valence-corrected chi connectivity index (χ4v) is 1.02. The fraction of sp³-hybridized carbons (Fsp3) is 0.222. The first kappa shape index (κ1) is 11.1. The molecule has 0 fully saturated rings. The highest BCUT2D eigenvalue weighted by molar-refractivity contribution is 6.56. The van der Waals surface area contributed by atoms with Crippen molar-refractivity contribution in [2.24, 2.45) is 0 Å². The Kier molecular flexibility index (Phi) is 3.24. The number of para-hydroxylation sites is 1. The van der Waals surface area contributed by atoms with Crippen molar-refractivity contribution in [3.8, 4) is 5.75 Å². The minimum atomic E-state index is -2.24. The van der Waals surface area contributed by atoms with Crippen LogP contribution >= 0.6 is 23.2 Å². The van der Waals surface area contributed by atoms with Crippen LogP contribution in [0.5, 0.6) is 5.75 Å². The van der Waals surface area contributed by atoms with Gasteiger partial charge in [0.2, 0.25) is 0 Å². The van der Waals surface area contributed by atoms with Crippen LogP contribution in [0.25, 0.3) is 0 Å². The van der Waals surface area contributed by atoms with Gasteiger partial charge >= 0.3 is 10.5 Å². The molecule has 1 aromatic rings. The maximum atomic E-state index is 10.5. The van der Waals surface area contributed by atoms with E-state index in [9.17, 15) is 4.79 Å². The minimum absolute atomic E-state index is 0.347. The van der Waals surface area contributed by atoms with Crippen molar-refractivity contribution in [1.82, 2.24) is 0 Å². The van der Waals surface area contributed by atoms with Crippen molar-refractivity contribution in [2.75, 3.05) is 0 Å². The molecule has 1 aromatic carbocycles. The molecule has 0 aliphatic heterocycles. The first-order valence-electron chi connectivity index (χ1n) is 3.79. The molecular formula is C9H8Cl2O3. The number of ether oxygens (including phenoxy) is 1. The molecule has 0 unspecified atom stereocenters. The quantitative estimate of drug-likeness (QED) is 0.819. The van der Waals surface area contributed by atoms with Crippen molar-refractivity contribution in [3.05, 3.63) is 29.8 Å². The van der Waals surface area contributed by atoms with Gasteiger partial charge in [-0.25, -0.2) is 4.79 Å². The third kappa shape index (κ3) is 2.53. The zero-order valence-corrected chi connectivity index (χ0v) is 8.84. The second-order valence-corrected chi connectivity index (χ2v) is 3.95. The summed E-state index contributed by atoms with van der Waals surface area (Å²) in [5, 5.41) is 8.60. The Bertz CT molecular complexity index is 350. The molecule has 0 atom stereocenters. The lowest BCUT2D eigenvalue weighted by Gasteiger charge is -2.17. The molecule has 0 spiro atoms. The Labute approximate surface area is 91.2 Å². The molecule has 0 saturated carbocycles. The molecule has 0 heterocycles. The minimum Gasteiger partial charge on any atom is -0.476 e. The number of halogens is 2. The summed E-state index contributed by atoms with van der Waals surface area (Å²) in [4.78, 5) is 10.5. The number of benzene rings is 1. The number of rotatable bonds is 3. The standard InChI is InChI=1S/C9H8Cl2O3/c1-6-4-2-3-5-7(6)14-9(10,11)8(12)13/h2-5H,1H3,(H,12,13). The van der Waals surface area contributed by atoms with Gasteiger partial charge in [-0.1, -0.05) is 18.2 Å². The van der Waals surface area contributed by atoms with Gasteiger partial charge in [-0.05, 0) is 41.8 Å². The molecule has 0 amide bonds. The Balaban J connectivity index is 2.89. The first-order chi connectivity index (χ1) is 6.43. The van der Waals surface area contributed by atoms with Gasteiger partial charge in [-0.3, -0.25) is 0 Å². The van der Waals surface area contributed by atoms with Crippen LogP contribution < -0.4 is 4.74 Å². The van der Waals surface area contributed by atoms with Crippen LogP contribution in [0.2, 0.25) is 0 Å². The van der Waals surface area contributed by atoms with E-state index in [1.165, 1.54) is 0 Å². The average Bonchev–Trinajstić information content (AvgIpc) is 2.08. The Morgan fingerprint density at radius 3 is 2.50 bits per heavy atom. The molecule has 76 valence electrons. The van der Waals surface area contributed by atoms with Gasteiger partial charge in [0, 0.05) is 0 Å². The summed E-state index contributed by atoms with van der Waals surface area (Å²) < 4.78 is 2.68. The first-order valence-corrected chi connectivity index (χ1v) is 4.55. The Morgan fingerprint density at radius 2 is 2.00 bits per heavy atom. The Hall–Kier alpha value is -0.930. The molecule has 0 aliphatic carbocycles. The van der Waals surface area contributed by atoms with Crippen molar-refractivity contribution >= 4 is 29.2 Å². The SMILES string of the molecule is Cc1ccccc1OC(Cl)(Cl)C(=O)O. The predicted octanol–water partition coefficient (Wildman–Crippen LogP) is 2.59. The van der Waals surface area contributed by atoms with Crippen molar-refractivity contribution in [2.45, 2.75) is 11.4 Å².